The van der Waals surface area contributed by atoms with Crippen molar-refractivity contribution in [3.63, 3.8) is 0 Å². The SMILES string of the molecule is CCN1CC(c2cc(Br)ccc2F)NC1=O. The quantitative estimate of drug-likeness (QED) is 0.891. The van der Waals surface area contributed by atoms with E-state index in [-0.39, 0.29) is 17.9 Å². The van der Waals surface area contributed by atoms with Crippen molar-refractivity contribution in [2.75, 3.05) is 13.1 Å². The van der Waals surface area contributed by atoms with Crippen LogP contribution in [0.1, 0.15) is 18.5 Å². The van der Waals surface area contributed by atoms with Crippen LogP contribution in [0.2, 0.25) is 0 Å². The second-order valence-corrected chi connectivity index (χ2v) is 4.62. The first-order valence-corrected chi connectivity index (χ1v) is 5.91. The molecular formula is C11H12BrFN2O. The first-order chi connectivity index (χ1) is 7.61. The monoisotopic (exact) mass is 286 g/mol. The van der Waals surface area contributed by atoms with Gasteiger partial charge < -0.3 is 10.2 Å². The van der Waals surface area contributed by atoms with E-state index < -0.39 is 0 Å². The highest BCUT2D eigenvalue weighted by atomic mass is 79.9. The van der Waals surface area contributed by atoms with Crippen LogP contribution >= 0.6 is 15.9 Å². The summed E-state index contributed by atoms with van der Waals surface area (Å²) in [6.07, 6.45) is 0. The van der Waals surface area contributed by atoms with Crippen molar-refractivity contribution in [2.45, 2.75) is 13.0 Å². The van der Waals surface area contributed by atoms with Crippen LogP contribution in [0, 0.1) is 5.82 Å². The highest BCUT2D eigenvalue weighted by molar-refractivity contribution is 9.10. The Morgan fingerprint density at radius 2 is 2.38 bits per heavy atom. The van der Waals surface area contributed by atoms with E-state index in [4.69, 9.17) is 0 Å². The van der Waals surface area contributed by atoms with Gasteiger partial charge in [0.1, 0.15) is 5.82 Å². The highest BCUT2D eigenvalue weighted by Gasteiger charge is 2.30. The van der Waals surface area contributed by atoms with Gasteiger partial charge in [-0.25, -0.2) is 9.18 Å². The summed E-state index contributed by atoms with van der Waals surface area (Å²) >= 11 is 3.30. The van der Waals surface area contributed by atoms with E-state index >= 15 is 0 Å². The van der Waals surface area contributed by atoms with Crippen molar-refractivity contribution < 1.29 is 9.18 Å². The number of halogens is 2. The van der Waals surface area contributed by atoms with Gasteiger partial charge in [-0.2, -0.15) is 0 Å². The first kappa shape index (κ1) is 11.4. The van der Waals surface area contributed by atoms with Crippen LogP contribution in [-0.2, 0) is 0 Å². The van der Waals surface area contributed by atoms with E-state index in [1.165, 1.54) is 6.07 Å². The summed E-state index contributed by atoms with van der Waals surface area (Å²) in [5.41, 5.74) is 0.527. The predicted octanol–water partition coefficient (Wildman–Crippen LogP) is 2.67. The zero-order chi connectivity index (χ0) is 11.7. The number of nitrogens with zero attached hydrogens (tertiary/aromatic N) is 1. The van der Waals surface area contributed by atoms with Gasteiger partial charge in [0.2, 0.25) is 0 Å². The number of nitrogens with one attached hydrogen (secondary N) is 1. The van der Waals surface area contributed by atoms with Crippen LogP contribution in [0.15, 0.2) is 22.7 Å². The molecule has 1 saturated heterocycles. The fourth-order valence-corrected chi connectivity index (χ4v) is 2.20. The average Bonchev–Trinajstić information content (AvgIpc) is 2.63. The first-order valence-electron chi connectivity index (χ1n) is 5.12. The molecule has 86 valence electrons. The lowest BCUT2D eigenvalue weighted by atomic mass is 10.1. The van der Waals surface area contributed by atoms with Gasteiger partial charge in [0, 0.05) is 23.1 Å². The topological polar surface area (TPSA) is 32.3 Å². The minimum Gasteiger partial charge on any atom is -0.329 e. The summed E-state index contributed by atoms with van der Waals surface area (Å²) in [7, 11) is 0. The molecule has 1 unspecified atom stereocenters. The van der Waals surface area contributed by atoms with E-state index in [0.717, 1.165) is 4.47 Å². The maximum atomic E-state index is 13.6. The van der Waals surface area contributed by atoms with Gasteiger partial charge >= 0.3 is 6.03 Å². The third-order valence-corrected chi connectivity index (χ3v) is 3.20. The Bertz CT molecular complexity index is 424. The third-order valence-electron chi connectivity index (χ3n) is 2.70. The van der Waals surface area contributed by atoms with E-state index in [1.807, 2.05) is 6.92 Å². The molecule has 0 bridgehead atoms. The number of likely N-dealkylation sites (N-methyl/N-ethyl adjacent to an activating group) is 1. The predicted molar refractivity (Wildman–Crippen MR) is 62.6 cm³/mol. The van der Waals surface area contributed by atoms with Crippen LogP contribution in [0.3, 0.4) is 0 Å². The Morgan fingerprint density at radius 3 is 3.00 bits per heavy atom. The molecule has 1 N–H and O–H groups in total. The molecule has 0 spiro atoms. The number of rotatable bonds is 2. The summed E-state index contributed by atoms with van der Waals surface area (Å²) in [5.74, 6) is -0.286. The standard InChI is InChI=1S/C11H12BrFN2O/c1-2-15-6-10(14-11(15)16)8-5-7(12)3-4-9(8)13/h3-5,10H,2,6H2,1H3,(H,14,16). The molecule has 0 radical (unpaired) electrons. The Hall–Kier alpha value is -1.10. The van der Waals surface area contributed by atoms with Crippen molar-refractivity contribution in [3.05, 3.63) is 34.1 Å². The van der Waals surface area contributed by atoms with Crippen LogP contribution in [0.25, 0.3) is 0 Å². The minimum absolute atomic E-state index is 0.133. The zero-order valence-electron chi connectivity index (χ0n) is 8.84. The van der Waals surface area contributed by atoms with Crippen LogP contribution < -0.4 is 5.32 Å². The van der Waals surface area contributed by atoms with E-state index in [1.54, 1.807) is 17.0 Å². The Labute approximate surface area is 102 Å². The van der Waals surface area contributed by atoms with Crippen LogP contribution in [0.5, 0.6) is 0 Å². The second-order valence-electron chi connectivity index (χ2n) is 3.71. The molecule has 1 aromatic rings. The van der Waals surface area contributed by atoms with Crippen LogP contribution in [0.4, 0.5) is 9.18 Å². The molecule has 1 aromatic carbocycles. The number of urea groups is 1. The summed E-state index contributed by atoms with van der Waals surface area (Å²) < 4.78 is 14.4. The molecule has 16 heavy (non-hydrogen) atoms. The maximum Gasteiger partial charge on any atom is 0.318 e. The smallest absolute Gasteiger partial charge is 0.318 e. The van der Waals surface area contributed by atoms with Crippen LogP contribution in [-0.4, -0.2) is 24.0 Å². The number of hydrogen-bond donors (Lipinski definition) is 1. The molecule has 0 saturated carbocycles. The highest BCUT2D eigenvalue weighted by Crippen LogP contribution is 2.25. The molecule has 1 heterocycles. The molecule has 0 aliphatic carbocycles. The van der Waals surface area contributed by atoms with Gasteiger partial charge in [-0.1, -0.05) is 15.9 Å². The normalized spacial score (nSPS) is 20.1. The molecule has 5 heteroatoms. The number of hydrogen-bond acceptors (Lipinski definition) is 1. The van der Waals surface area contributed by atoms with Crippen molar-refractivity contribution in [2.24, 2.45) is 0 Å². The fourth-order valence-electron chi connectivity index (χ4n) is 1.82. The summed E-state index contributed by atoms with van der Waals surface area (Å²) in [4.78, 5) is 13.1. The fraction of sp³-hybridized carbons (Fsp3) is 0.364. The molecule has 1 atom stereocenters. The average molecular weight is 287 g/mol. The lowest BCUT2D eigenvalue weighted by molar-refractivity contribution is 0.219. The van der Waals surface area contributed by atoms with Crippen molar-refractivity contribution >= 4 is 22.0 Å². The van der Waals surface area contributed by atoms with Crippen molar-refractivity contribution in [3.8, 4) is 0 Å². The molecule has 2 amide bonds. The number of benzene rings is 1. The lowest BCUT2D eigenvalue weighted by Gasteiger charge is -2.12. The molecule has 1 fully saturated rings. The molecule has 1 aliphatic rings. The summed E-state index contributed by atoms with van der Waals surface area (Å²) in [6, 6.07) is 4.36. The molecular weight excluding hydrogens is 275 g/mol. The van der Waals surface area contributed by atoms with Crippen molar-refractivity contribution in [1.82, 2.24) is 10.2 Å². The van der Waals surface area contributed by atoms with Gasteiger partial charge in [0.15, 0.2) is 0 Å². The number of carbonyl (C=O) groups excluding carboxylic acids is 1. The summed E-state index contributed by atoms with van der Waals surface area (Å²) in [6.45, 7) is 3.06. The third kappa shape index (κ3) is 2.04. The van der Waals surface area contributed by atoms with Gasteiger partial charge in [0.25, 0.3) is 0 Å². The largest absolute Gasteiger partial charge is 0.329 e. The number of amides is 2. The van der Waals surface area contributed by atoms with E-state index in [2.05, 4.69) is 21.2 Å². The summed E-state index contributed by atoms with van der Waals surface area (Å²) in [5, 5.41) is 2.77. The van der Waals surface area contributed by atoms with Gasteiger partial charge in [-0.3, -0.25) is 0 Å². The van der Waals surface area contributed by atoms with Gasteiger partial charge in [-0.15, -0.1) is 0 Å². The zero-order valence-corrected chi connectivity index (χ0v) is 10.4. The van der Waals surface area contributed by atoms with Gasteiger partial charge in [-0.05, 0) is 25.1 Å². The lowest BCUT2D eigenvalue weighted by Crippen LogP contribution is -2.27. The molecule has 0 aromatic heterocycles. The Kier molecular flexibility index (Phi) is 3.14. The molecule has 1 aliphatic heterocycles. The number of carbonyl (C=O) groups is 1. The minimum atomic E-state index is -0.286. The Balaban J connectivity index is 2.26. The molecule has 2 rings (SSSR count). The van der Waals surface area contributed by atoms with Crippen molar-refractivity contribution in [1.29, 1.82) is 0 Å². The second kappa shape index (κ2) is 4.41. The van der Waals surface area contributed by atoms with E-state index in [9.17, 15) is 9.18 Å². The van der Waals surface area contributed by atoms with E-state index in [0.29, 0.717) is 18.7 Å². The van der Waals surface area contributed by atoms with Gasteiger partial charge in [0.05, 0.1) is 6.04 Å². The molecule has 3 nitrogen and oxygen atoms in total. The maximum absolute atomic E-state index is 13.6. The Morgan fingerprint density at radius 1 is 1.62 bits per heavy atom.